The van der Waals surface area contributed by atoms with Crippen molar-refractivity contribution in [2.24, 2.45) is 17.4 Å². The Balaban J connectivity index is 5.12. The predicted molar refractivity (Wildman–Crippen MR) is 94.2 cm³/mol. The molecular weight excluding hydrogens is 360 g/mol. The number of amides is 3. The molecule has 0 radical (unpaired) electrons. The van der Waals surface area contributed by atoms with E-state index >= 15 is 0 Å². The highest BCUT2D eigenvalue weighted by Gasteiger charge is 2.30. The number of primary amides is 1. The monoisotopic (exact) mass is 388 g/mol. The molecule has 0 saturated heterocycles. The zero-order chi connectivity index (χ0) is 21.1. The van der Waals surface area contributed by atoms with Gasteiger partial charge in [0.15, 0.2) is 0 Å². The van der Waals surface area contributed by atoms with Gasteiger partial charge < -0.3 is 32.3 Å². The summed E-state index contributed by atoms with van der Waals surface area (Å²) in [4.78, 5) is 57.4. The smallest absolute Gasteiger partial charge is 0.326 e. The van der Waals surface area contributed by atoms with Crippen LogP contribution in [0.1, 0.15) is 46.0 Å². The molecule has 0 saturated carbocycles. The lowest BCUT2D eigenvalue weighted by Gasteiger charge is -2.25. The van der Waals surface area contributed by atoms with Crippen molar-refractivity contribution in [1.29, 1.82) is 0 Å². The number of carboxylic acid groups (broad SMARTS) is 2. The fourth-order valence-corrected chi connectivity index (χ4v) is 2.18. The molecule has 0 aromatic rings. The molecule has 0 aliphatic rings. The normalized spacial score (nSPS) is 15.1. The van der Waals surface area contributed by atoms with Gasteiger partial charge in [0, 0.05) is 12.8 Å². The molecular formula is C16H28N4O7. The van der Waals surface area contributed by atoms with Crippen LogP contribution in [0.3, 0.4) is 0 Å². The van der Waals surface area contributed by atoms with Crippen LogP contribution in [0, 0.1) is 5.92 Å². The standard InChI is InChI=1S/C16H28N4O7/c1-3-8(2)13(16(26)27)20-15(25)10(5-6-11(18)21)19-14(24)9(17)4-7-12(22)23/h8-10,13H,3-7,17H2,1-2H3,(H2,18,21)(H,19,24)(H,20,25)(H,22,23)(H,26,27). The average Bonchev–Trinajstić information content (AvgIpc) is 2.59. The first-order valence-corrected chi connectivity index (χ1v) is 8.58. The molecule has 4 atom stereocenters. The van der Waals surface area contributed by atoms with E-state index in [1.165, 1.54) is 0 Å². The summed E-state index contributed by atoms with van der Waals surface area (Å²) < 4.78 is 0. The predicted octanol–water partition coefficient (Wildman–Crippen LogP) is -1.46. The summed E-state index contributed by atoms with van der Waals surface area (Å²) in [6.45, 7) is 3.42. The molecule has 0 bridgehead atoms. The van der Waals surface area contributed by atoms with Gasteiger partial charge in [-0.05, 0) is 18.8 Å². The number of carbonyl (C=O) groups is 5. The number of hydrogen-bond donors (Lipinski definition) is 6. The molecule has 154 valence electrons. The van der Waals surface area contributed by atoms with E-state index in [1.54, 1.807) is 13.8 Å². The second-order valence-corrected chi connectivity index (χ2v) is 6.32. The highest BCUT2D eigenvalue weighted by atomic mass is 16.4. The molecule has 11 nitrogen and oxygen atoms in total. The van der Waals surface area contributed by atoms with E-state index in [0.717, 1.165) is 0 Å². The Morgan fingerprint density at radius 3 is 2.00 bits per heavy atom. The van der Waals surface area contributed by atoms with Gasteiger partial charge in [0.2, 0.25) is 17.7 Å². The van der Waals surface area contributed by atoms with Gasteiger partial charge in [-0.3, -0.25) is 19.2 Å². The first-order chi connectivity index (χ1) is 12.5. The van der Waals surface area contributed by atoms with Crippen molar-refractivity contribution in [1.82, 2.24) is 10.6 Å². The van der Waals surface area contributed by atoms with Crippen molar-refractivity contribution in [3.05, 3.63) is 0 Å². The van der Waals surface area contributed by atoms with Crippen molar-refractivity contribution >= 4 is 29.7 Å². The third-order valence-corrected chi connectivity index (χ3v) is 4.10. The van der Waals surface area contributed by atoms with Gasteiger partial charge in [0.25, 0.3) is 0 Å². The molecule has 0 heterocycles. The van der Waals surface area contributed by atoms with Crippen LogP contribution >= 0.6 is 0 Å². The SMILES string of the molecule is CCC(C)C(NC(=O)C(CCC(N)=O)NC(=O)C(N)CCC(=O)O)C(=O)O. The summed E-state index contributed by atoms with van der Waals surface area (Å²) in [6, 6.07) is -3.57. The van der Waals surface area contributed by atoms with Crippen LogP contribution in [-0.2, 0) is 24.0 Å². The van der Waals surface area contributed by atoms with E-state index in [4.69, 9.17) is 16.6 Å². The Morgan fingerprint density at radius 2 is 1.56 bits per heavy atom. The van der Waals surface area contributed by atoms with Crippen LogP contribution in [0.25, 0.3) is 0 Å². The minimum Gasteiger partial charge on any atom is -0.481 e. The minimum atomic E-state index is -1.23. The number of hydrogen-bond acceptors (Lipinski definition) is 6. The number of carbonyl (C=O) groups excluding carboxylic acids is 3. The lowest BCUT2D eigenvalue weighted by atomic mass is 9.98. The van der Waals surface area contributed by atoms with Crippen LogP contribution < -0.4 is 22.1 Å². The number of carboxylic acids is 2. The molecule has 0 spiro atoms. The molecule has 0 aromatic carbocycles. The molecule has 0 aliphatic carbocycles. The lowest BCUT2D eigenvalue weighted by Crippen LogP contribution is -2.55. The Labute approximate surface area is 156 Å². The Bertz CT molecular complexity index is 567. The van der Waals surface area contributed by atoms with Crippen LogP contribution in [0.5, 0.6) is 0 Å². The van der Waals surface area contributed by atoms with Crippen molar-refractivity contribution in [2.45, 2.75) is 64.1 Å². The van der Waals surface area contributed by atoms with Gasteiger partial charge >= 0.3 is 11.9 Å². The summed E-state index contributed by atoms with van der Waals surface area (Å²) in [5, 5.41) is 22.6. The third kappa shape index (κ3) is 9.54. The number of rotatable bonds is 13. The van der Waals surface area contributed by atoms with Crippen LogP contribution in [0.15, 0.2) is 0 Å². The summed E-state index contributed by atoms with van der Waals surface area (Å²) in [7, 11) is 0. The van der Waals surface area contributed by atoms with Gasteiger partial charge in [0.1, 0.15) is 12.1 Å². The van der Waals surface area contributed by atoms with E-state index in [-0.39, 0.29) is 31.6 Å². The van der Waals surface area contributed by atoms with Crippen molar-refractivity contribution in [3.63, 3.8) is 0 Å². The summed E-state index contributed by atoms with van der Waals surface area (Å²) in [5.41, 5.74) is 10.7. The van der Waals surface area contributed by atoms with Crippen LogP contribution in [-0.4, -0.2) is 58.0 Å². The van der Waals surface area contributed by atoms with Crippen molar-refractivity contribution in [2.75, 3.05) is 0 Å². The van der Waals surface area contributed by atoms with Gasteiger partial charge in [-0.15, -0.1) is 0 Å². The van der Waals surface area contributed by atoms with E-state index in [0.29, 0.717) is 6.42 Å². The summed E-state index contributed by atoms with van der Waals surface area (Å²) in [5.74, 6) is -4.99. The number of nitrogens with two attached hydrogens (primary N) is 2. The molecule has 0 fully saturated rings. The highest BCUT2D eigenvalue weighted by Crippen LogP contribution is 2.09. The maximum absolute atomic E-state index is 12.4. The highest BCUT2D eigenvalue weighted by molar-refractivity contribution is 5.92. The van der Waals surface area contributed by atoms with E-state index in [9.17, 15) is 29.1 Å². The molecule has 3 amide bonds. The Morgan fingerprint density at radius 1 is 0.963 bits per heavy atom. The summed E-state index contributed by atoms with van der Waals surface area (Å²) >= 11 is 0. The van der Waals surface area contributed by atoms with E-state index in [2.05, 4.69) is 10.6 Å². The van der Waals surface area contributed by atoms with Gasteiger partial charge in [-0.25, -0.2) is 4.79 Å². The molecule has 0 aromatic heterocycles. The van der Waals surface area contributed by atoms with Crippen LogP contribution in [0.2, 0.25) is 0 Å². The third-order valence-electron chi connectivity index (χ3n) is 4.10. The molecule has 0 aliphatic heterocycles. The first-order valence-electron chi connectivity index (χ1n) is 8.58. The zero-order valence-electron chi connectivity index (χ0n) is 15.4. The van der Waals surface area contributed by atoms with Crippen molar-refractivity contribution in [3.8, 4) is 0 Å². The maximum Gasteiger partial charge on any atom is 0.326 e. The van der Waals surface area contributed by atoms with Crippen molar-refractivity contribution < 1.29 is 34.2 Å². The quantitative estimate of drug-likeness (QED) is 0.220. The molecule has 27 heavy (non-hydrogen) atoms. The topological polar surface area (TPSA) is 202 Å². The molecule has 0 rings (SSSR count). The number of nitrogens with one attached hydrogen (secondary N) is 2. The molecule has 4 unspecified atom stereocenters. The lowest BCUT2D eigenvalue weighted by molar-refractivity contribution is -0.144. The van der Waals surface area contributed by atoms with Crippen LogP contribution in [0.4, 0.5) is 0 Å². The molecule has 11 heteroatoms. The largest absolute Gasteiger partial charge is 0.481 e. The fraction of sp³-hybridized carbons (Fsp3) is 0.688. The first kappa shape index (κ1) is 24.3. The Hall–Kier alpha value is -2.69. The van der Waals surface area contributed by atoms with Gasteiger partial charge in [0.05, 0.1) is 6.04 Å². The Kier molecular flexibility index (Phi) is 10.7. The molecule has 8 N–H and O–H groups in total. The fourth-order valence-electron chi connectivity index (χ4n) is 2.18. The van der Waals surface area contributed by atoms with E-state index < -0.39 is 47.8 Å². The second-order valence-electron chi connectivity index (χ2n) is 6.32. The number of aliphatic carboxylic acids is 2. The maximum atomic E-state index is 12.4. The minimum absolute atomic E-state index is 0.143. The van der Waals surface area contributed by atoms with E-state index in [1.807, 2.05) is 0 Å². The van der Waals surface area contributed by atoms with Gasteiger partial charge in [-0.2, -0.15) is 0 Å². The summed E-state index contributed by atoms with van der Waals surface area (Å²) in [6.07, 6.45) is -0.345. The van der Waals surface area contributed by atoms with Gasteiger partial charge in [-0.1, -0.05) is 20.3 Å². The average molecular weight is 388 g/mol. The zero-order valence-corrected chi connectivity index (χ0v) is 15.4. The second kappa shape index (κ2) is 11.8.